The van der Waals surface area contributed by atoms with Gasteiger partial charge >= 0.3 is 0 Å². The lowest BCUT2D eigenvalue weighted by Gasteiger charge is -2.28. The third kappa shape index (κ3) is 3.34. The summed E-state index contributed by atoms with van der Waals surface area (Å²) in [6.45, 7) is 2.08. The number of aromatic nitrogens is 1. The second kappa shape index (κ2) is 6.59. The topological polar surface area (TPSA) is 51.6 Å². The number of methoxy groups -OCH3 is 2. The van der Waals surface area contributed by atoms with E-state index in [1.54, 1.807) is 26.6 Å². The fourth-order valence-electron chi connectivity index (χ4n) is 2.41. The first-order valence-corrected chi connectivity index (χ1v) is 6.85. The summed E-state index contributed by atoms with van der Waals surface area (Å²) in [7, 11) is 3.22. The van der Waals surface area contributed by atoms with Gasteiger partial charge in [-0.2, -0.15) is 0 Å². The van der Waals surface area contributed by atoms with Crippen molar-refractivity contribution >= 4 is 0 Å². The Bertz CT molecular complexity index is 586. The molecule has 0 spiro atoms. The Hall–Kier alpha value is -2.07. The van der Waals surface area contributed by atoms with E-state index in [1.165, 1.54) is 0 Å². The van der Waals surface area contributed by atoms with Crippen LogP contribution >= 0.6 is 0 Å². The summed E-state index contributed by atoms with van der Waals surface area (Å²) in [5.41, 5.74) is 1.76. The third-order valence-corrected chi connectivity index (χ3v) is 3.77. The van der Waals surface area contributed by atoms with Crippen LogP contribution in [0.4, 0.5) is 0 Å². The van der Waals surface area contributed by atoms with E-state index in [1.807, 2.05) is 37.3 Å². The Balaban J connectivity index is 2.35. The maximum absolute atomic E-state index is 9.90. The molecule has 0 saturated carbocycles. The first-order valence-electron chi connectivity index (χ1n) is 6.85. The molecule has 1 atom stereocenters. The van der Waals surface area contributed by atoms with E-state index < -0.39 is 0 Å². The summed E-state index contributed by atoms with van der Waals surface area (Å²) in [5, 5.41) is 9.90. The highest BCUT2D eigenvalue weighted by atomic mass is 16.5. The van der Waals surface area contributed by atoms with Crippen molar-refractivity contribution < 1.29 is 14.6 Å². The predicted molar refractivity (Wildman–Crippen MR) is 81.9 cm³/mol. The second-order valence-corrected chi connectivity index (χ2v) is 5.32. The second-order valence-electron chi connectivity index (χ2n) is 5.32. The number of hydrogen-bond donors (Lipinski definition) is 1. The van der Waals surface area contributed by atoms with Crippen molar-refractivity contribution in [3.8, 4) is 11.5 Å². The summed E-state index contributed by atoms with van der Waals surface area (Å²) in [4.78, 5) is 4.02. The molecule has 0 radical (unpaired) electrons. The molecule has 4 nitrogen and oxygen atoms in total. The minimum Gasteiger partial charge on any atom is -0.493 e. The van der Waals surface area contributed by atoms with E-state index in [2.05, 4.69) is 4.98 Å². The number of rotatable bonds is 6. The van der Waals surface area contributed by atoms with Gasteiger partial charge in [0.2, 0.25) is 0 Å². The largest absolute Gasteiger partial charge is 0.493 e. The minimum atomic E-state index is -0.388. The molecule has 1 aromatic heterocycles. The van der Waals surface area contributed by atoms with Gasteiger partial charge in [0, 0.05) is 17.8 Å². The molecule has 0 bridgehead atoms. The monoisotopic (exact) mass is 287 g/mol. The van der Waals surface area contributed by atoms with E-state index in [-0.39, 0.29) is 12.0 Å². The molecule has 2 aromatic rings. The summed E-state index contributed by atoms with van der Waals surface area (Å²) < 4.78 is 10.6. The quantitative estimate of drug-likeness (QED) is 0.887. The van der Waals surface area contributed by atoms with Gasteiger partial charge in [0.05, 0.1) is 20.8 Å². The number of nitrogens with zero attached hydrogens (tertiary/aromatic N) is 1. The van der Waals surface area contributed by atoms with Crippen molar-refractivity contribution in [1.29, 1.82) is 0 Å². The third-order valence-electron chi connectivity index (χ3n) is 3.77. The number of aliphatic hydroxyl groups excluding tert-OH is 1. The van der Waals surface area contributed by atoms with Gasteiger partial charge < -0.3 is 14.6 Å². The molecule has 1 aromatic carbocycles. The van der Waals surface area contributed by atoms with Crippen LogP contribution < -0.4 is 9.47 Å². The first kappa shape index (κ1) is 15.3. The molecule has 2 rings (SSSR count). The Labute approximate surface area is 125 Å². The van der Waals surface area contributed by atoms with E-state index in [0.717, 1.165) is 17.5 Å². The lowest BCUT2D eigenvalue weighted by molar-refractivity contribution is 0.204. The van der Waals surface area contributed by atoms with Crippen LogP contribution in [0.3, 0.4) is 0 Å². The average Bonchev–Trinajstić information content (AvgIpc) is 2.54. The van der Waals surface area contributed by atoms with Gasteiger partial charge in [-0.1, -0.05) is 13.0 Å². The number of ether oxygens (including phenoxy) is 2. The van der Waals surface area contributed by atoms with Gasteiger partial charge in [0.1, 0.15) is 0 Å². The van der Waals surface area contributed by atoms with Gasteiger partial charge in [0.15, 0.2) is 11.5 Å². The Morgan fingerprint density at radius 2 is 1.71 bits per heavy atom. The van der Waals surface area contributed by atoms with Crippen molar-refractivity contribution in [1.82, 2.24) is 4.98 Å². The van der Waals surface area contributed by atoms with E-state index in [9.17, 15) is 5.11 Å². The number of benzene rings is 1. The molecule has 0 aliphatic rings. The smallest absolute Gasteiger partial charge is 0.161 e. The van der Waals surface area contributed by atoms with Gasteiger partial charge in [0.25, 0.3) is 0 Å². The molecular formula is C17H21NO3. The van der Waals surface area contributed by atoms with Crippen LogP contribution in [0.1, 0.15) is 18.1 Å². The molecule has 0 saturated heterocycles. The standard InChI is InChI=1S/C17H21NO3/c1-17(12-19,11-13-6-8-18-9-7-13)14-4-5-15(20-2)16(10-14)21-3/h4-10,19H,11-12H2,1-3H3. The fraction of sp³-hybridized carbons (Fsp3) is 0.353. The minimum absolute atomic E-state index is 0.0464. The number of hydrogen-bond acceptors (Lipinski definition) is 4. The zero-order valence-corrected chi connectivity index (χ0v) is 12.7. The molecule has 1 heterocycles. The molecule has 21 heavy (non-hydrogen) atoms. The lowest BCUT2D eigenvalue weighted by atomic mass is 9.78. The Kier molecular flexibility index (Phi) is 4.81. The summed E-state index contributed by atoms with van der Waals surface area (Å²) in [6.07, 6.45) is 4.25. The molecule has 1 N–H and O–H groups in total. The molecular weight excluding hydrogens is 266 g/mol. The molecule has 0 aliphatic carbocycles. The summed E-state index contributed by atoms with van der Waals surface area (Å²) in [5.74, 6) is 1.36. The highest BCUT2D eigenvalue weighted by molar-refractivity contribution is 5.45. The van der Waals surface area contributed by atoms with Gasteiger partial charge in [-0.15, -0.1) is 0 Å². The highest BCUT2D eigenvalue weighted by Crippen LogP contribution is 2.35. The Morgan fingerprint density at radius 3 is 2.29 bits per heavy atom. The van der Waals surface area contributed by atoms with E-state index >= 15 is 0 Å². The van der Waals surface area contributed by atoms with E-state index in [0.29, 0.717) is 11.5 Å². The van der Waals surface area contributed by atoms with Crippen LogP contribution in [-0.2, 0) is 11.8 Å². The average molecular weight is 287 g/mol. The van der Waals surface area contributed by atoms with Gasteiger partial charge in [-0.05, 0) is 41.8 Å². The molecule has 112 valence electrons. The van der Waals surface area contributed by atoms with Gasteiger partial charge in [-0.3, -0.25) is 4.98 Å². The van der Waals surface area contributed by atoms with Crippen LogP contribution in [0.25, 0.3) is 0 Å². The van der Waals surface area contributed by atoms with Crippen molar-refractivity contribution in [2.45, 2.75) is 18.8 Å². The zero-order valence-electron chi connectivity index (χ0n) is 12.7. The molecule has 4 heteroatoms. The van der Waals surface area contributed by atoms with Crippen LogP contribution in [-0.4, -0.2) is 30.9 Å². The summed E-state index contributed by atoms with van der Waals surface area (Å²) >= 11 is 0. The predicted octanol–water partition coefficient (Wildman–Crippen LogP) is 2.59. The molecule has 0 aliphatic heterocycles. The van der Waals surface area contributed by atoms with Gasteiger partial charge in [-0.25, -0.2) is 0 Å². The normalized spacial score (nSPS) is 13.5. The van der Waals surface area contributed by atoms with Crippen molar-refractivity contribution in [3.05, 3.63) is 53.9 Å². The molecule has 0 amide bonds. The van der Waals surface area contributed by atoms with Crippen LogP contribution in [0.5, 0.6) is 11.5 Å². The highest BCUT2D eigenvalue weighted by Gasteiger charge is 2.27. The van der Waals surface area contributed by atoms with Crippen LogP contribution in [0.2, 0.25) is 0 Å². The van der Waals surface area contributed by atoms with Crippen molar-refractivity contribution in [2.24, 2.45) is 0 Å². The number of aliphatic hydroxyl groups is 1. The van der Waals surface area contributed by atoms with Crippen molar-refractivity contribution in [3.63, 3.8) is 0 Å². The Morgan fingerprint density at radius 1 is 1.05 bits per heavy atom. The number of pyridine rings is 1. The first-order chi connectivity index (χ1) is 10.1. The SMILES string of the molecule is COc1ccc(C(C)(CO)Cc2ccncc2)cc1OC. The van der Waals surface area contributed by atoms with Crippen LogP contribution in [0, 0.1) is 0 Å². The molecule has 1 unspecified atom stereocenters. The maximum Gasteiger partial charge on any atom is 0.161 e. The van der Waals surface area contributed by atoms with E-state index in [4.69, 9.17) is 9.47 Å². The fourth-order valence-corrected chi connectivity index (χ4v) is 2.41. The van der Waals surface area contributed by atoms with Crippen LogP contribution in [0.15, 0.2) is 42.7 Å². The zero-order chi connectivity index (χ0) is 15.3. The lowest BCUT2D eigenvalue weighted by Crippen LogP contribution is -2.29. The maximum atomic E-state index is 9.90. The van der Waals surface area contributed by atoms with Crippen molar-refractivity contribution in [2.75, 3.05) is 20.8 Å². The summed E-state index contributed by atoms with van der Waals surface area (Å²) in [6, 6.07) is 9.70. The molecule has 0 fully saturated rings.